The van der Waals surface area contributed by atoms with Crippen LogP contribution in [-0.4, -0.2) is 164 Å². The molecule has 0 unspecified atom stereocenters. The number of hydrogen-bond acceptors (Lipinski definition) is 15. The van der Waals surface area contributed by atoms with Crippen molar-refractivity contribution in [3.8, 4) is 23.0 Å². The van der Waals surface area contributed by atoms with E-state index in [0.717, 1.165) is 17.2 Å². The molecule has 20 nitrogen and oxygen atoms in total. The summed E-state index contributed by atoms with van der Waals surface area (Å²) in [6.07, 6.45) is 2.85. The van der Waals surface area contributed by atoms with Gasteiger partial charge in [0, 0.05) is 59.1 Å². The molecule has 5 atom stereocenters. The van der Waals surface area contributed by atoms with Gasteiger partial charge in [-0.3, -0.25) is 33.6 Å². The normalized spacial score (nSPS) is 21.1. The van der Waals surface area contributed by atoms with Crippen LogP contribution in [0.1, 0.15) is 86.3 Å². The number of benzene rings is 5. The topological polar surface area (TPSA) is 245 Å². The standard InChI is InChI=1S/C69H80FN5O15/c1-69(2)44-89-62(80)26-15-16-33-72(3)66(83)54(37-46-21-12-9-13-22-46)71-60(78)42-73(4)65(82)50(35-45-19-10-8-11-20-45)41-57(77)56(38-47-27-30-51(76)31-28-47)74(5)61(79)43-88-52-24-18-23-49(40-52)58(32-29-48-36-53(70)63(87-7)59(39-48)86-6)90-68(85)55-25-14-17-34-75(55)67(84)64(69)81/h8-13,15,18-24,26-28,30-31,36,39-40,50,54-56,58,76H,14,16-17,25,29,32-35,37-38,41-44H2,1-7H3,(H,71,78)/t50-,54+,55-,56-,58+/m0/s1. The number of aryl methyl sites for hydroxylation is 1. The first kappa shape index (κ1) is 68.1. The highest BCUT2D eigenvalue weighted by Crippen LogP contribution is 2.35. The van der Waals surface area contributed by atoms with Gasteiger partial charge in [-0.15, -0.1) is 0 Å². The number of fused-ring (bicyclic) bond motifs is 3. The van der Waals surface area contributed by atoms with Crippen LogP contribution < -0.4 is 19.5 Å². The van der Waals surface area contributed by atoms with Gasteiger partial charge < -0.3 is 53.7 Å². The number of phenols is 1. The number of nitrogens with one attached hydrogen (secondary N) is 1. The number of piperidine rings is 1. The Hall–Kier alpha value is -9.40. The van der Waals surface area contributed by atoms with Gasteiger partial charge in [-0.25, -0.2) is 14.0 Å². The summed E-state index contributed by atoms with van der Waals surface area (Å²) in [5, 5.41) is 13.0. The third-order valence-corrected chi connectivity index (χ3v) is 16.1. The maximum Gasteiger partial charge on any atom is 0.330 e. The lowest BCUT2D eigenvalue weighted by Gasteiger charge is -2.36. The number of aromatic hydroxyl groups is 1. The molecule has 90 heavy (non-hydrogen) atoms. The van der Waals surface area contributed by atoms with Gasteiger partial charge in [0.15, 0.2) is 29.7 Å². The smallest absolute Gasteiger partial charge is 0.330 e. The van der Waals surface area contributed by atoms with Crippen LogP contribution in [0.25, 0.3) is 0 Å². The lowest BCUT2D eigenvalue weighted by atomic mass is 9.87. The van der Waals surface area contributed by atoms with Crippen LogP contribution in [0.5, 0.6) is 23.0 Å². The minimum Gasteiger partial charge on any atom is -0.508 e. The largest absolute Gasteiger partial charge is 0.508 e. The molecule has 1 fully saturated rings. The van der Waals surface area contributed by atoms with Gasteiger partial charge in [-0.05, 0) is 129 Å². The Kier molecular flexibility index (Phi) is 24.4. The highest BCUT2D eigenvalue weighted by molar-refractivity contribution is 6.38. The summed E-state index contributed by atoms with van der Waals surface area (Å²) in [6.45, 7) is 1.47. The van der Waals surface area contributed by atoms with E-state index in [4.69, 9.17) is 23.7 Å². The predicted molar refractivity (Wildman–Crippen MR) is 330 cm³/mol. The highest BCUT2D eigenvalue weighted by atomic mass is 19.1. The van der Waals surface area contributed by atoms with E-state index in [0.29, 0.717) is 29.5 Å². The van der Waals surface area contributed by atoms with Crippen molar-refractivity contribution >= 4 is 53.0 Å². The van der Waals surface area contributed by atoms with Crippen LogP contribution in [0.15, 0.2) is 133 Å². The van der Waals surface area contributed by atoms with Gasteiger partial charge in [-0.2, -0.15) is 0 Å². The number of ether oxygens (including phenoxy) is 5. The van der Waals surface area contributed by atoms with Gasteiger partial charge in [0.05, 0.1) is 32.2 Å². The zero-order chi connectivity index (χ0) is 65.1. The molecule has 0 saturated carbocycles. The molecule has 5 aromatic carbocycles. The third-order valence-electron chi connectivity index (χ3n) is 16.1. The molecule has 0 aromatic heterocycles. The fraction of sp³-hybridized carbons (Fsp3) is 0.406. The minimum atomic E-state index is -1.54. The quantitative estimate of drug-likeness (QED) is 0.0985. The first-order valence-electron chi connectivity index (χ1n) is 30.0. The van der Waals surface area contributed by atoms with E-state index in [2.05, 4.69) is 5.32 Å². The summed E-state index contributed by atoms with van der Waals surface area (Å²) >= 11 is 0. The van der Waals surface area contributed by atoms with Crippen molar-refractivity contribution in [2.75, 3.05) is 68.2 Å². The van der Waals surface area contributed by atoms with Crippen molar-refractivity contribution in [1.29, 1.82) is 0 Å². The van der Waals surface area contributed by atoms with Crippen LogP contribution in [0.2, 0.25) is 0 Å². The van der Waals surface area contributed by atoms with Crippen molar-refractivity contribution in [3.05, 3.63) is 167 Å². The number of likely N-dealkylation sites (N-methyl/N-ethyl adjacent to an activating group) is 3. The van der Waals surface area contributed by atoms with Crippen LogP contribution in [0.4, 0.5) is 4.39 Å². The second kappa shape index (κ2) is 32.2. The Morgan fingerprint density at radius 2 is 1.39 bits per heavy atom. The summed E-state index contributed by atoms with van der Waals surface area (Å²) in [5.41, 5.74) is 1.38. The van der Waals surface area contributed by atoms with E-state index in [1.807, 2.05) is 36.4 Å². The summed E-state index contributed by atoms with van der Waals surface area (Å²) < 4.78 is 43.9. The number of phenolic OH excluding ortho intramolecular Hbond substituents is 1. The Balaban J connectivity index is 1.22. The average molecular weight is 1240 g/mol. The number of methoxy groups -OCH3 is 2. The molecule has 2 heterocycles. The van der Waals surface area contributed by atoms with Gasteiger partial charge in [-0.1, -0.05) is 91.0 Å². The second-order valence-corrected chi connectivity index (χ2v) is 23.4. The van der Waals surface area contributed by atoms with Gasteiger partial charge in [0.25, 0.3) is 11.8 Å². The molecule has 5 aromatic rings. The van der Waals surface area contributed by atoms with Crippen molar-refractivity contribution < 1.29 is 76.3 Å². The van der Waals surface area contributed by atoms with Crippen molar-refractivity contribution in [3.63, 3.8) is 0 Å². The number of carbonyl (C=O) groups excluding carboxylic acids is 9. The van der Waals surface area contributed by atoms with E-state index in [-0.39, 0.29) is 87.5 Å². The molecule has 7 rings (SSSR count). The Morgan fingerprint density at radius 1 is 0.711 bits per heavy atom. The number of nitrogens with zero attached hydrogens (tertiary/aromatic N) is 4. The fourth-order valence-electron chi connectivity index (χ4n) is 10.9. The number of ketones is 2. The van der Waals surface area contributed by atoms with Crippen LogP contribution in [0, 0.1) is 17.2 Å². The van der Waals surface area contributed by atoms with Crippen molar-refractivity contribution in [2.24, 2.45) is 11.3 Å². The molecule has 0 spiro atoms. The van der Waals surface area contributed by atoms with Gasteiger partial charge in [0.1, 0.15) is 36.3 Å². The lowest BCUT2D eigenvalue weighted by molar-refractivity contribution is -0.165. The van der Waals surface area contributed by atoms with E-state index in [1.54, 1.807) is 73.8 Å². The molecule has 2 N–H and O–H groups in total. The number of amides is 5. The summed E-state index contributed by atoms with van der Waals surface area (Å²) in [4.78, 5) is 133. The monoisotopic (exact) mass is 1240 g/mol. The number of rotatable bonds is 11. The SMILES string of the molecule is COc1cc(CC[C@H]2OC(=O)[C@@H]3CCCCN3C(=O)C(=O)C(C)(C)COC(=O)C=CCCN(C)C(=O)[C@@H](Cc3ccccc3)NC(=O)CN(C)C(=O)[C@@H](Cc3ccccc3)CC(=O)[C@H](Cc3ccc(O)cc3)N(C)C(=O)COc3cccc2c3)cc(F)c1OC. The number of Topliss-reactive ketones (excluding diaryl/α,β-unsaturated/α-hetero) is 2. The molecule has 2 aliphatic rings. The minimum absolute atomic E-state index is 0.0211. The van der Waals surface area contributed by atoms with Crippen LogP contribution in [-0.2, 0) is 78.3 Å². The maximum absolute atomic E-state index is 15.3. The molecule has 21 heteroatoms. The molecule has 2 bridgehead atoms. The van der Waals surface area contributed by atoms with Gasteiger partial charge in [0.2, 0.25) is 23.5 Å². The Bertz CT molecular complexity index is 3380. The fourth-order valence-corrected chi connectivity index (χ4v) is 10.9. The molecule has 5 amide bonds. The van der Waals surface area contributed by atoms with Crippen molar-refractivity contribution in [2.45, 2.75) is 102 Å². The molecular formula is C69H80FN5O15. The molecule has 478 valence electrons. The molecule has 0 radical (unpaired) electrons. The first-order valence-corrected chi connectivity index (χ1v) is 30.0. The number of cyclic esters (lactones) is 2. The van der Waals surface area contributed by atoms with E-state index in [9.17, 15) is 48.3 Å². The zero-order valence-electron chi connectivity index (χ0n) is 52.0. The highest BCUT2D eigenvalue weighted by Gasteiger charge is 2.43. The average Bonchev–Trinajstić information content (AvgIpc) is 2.08. The molecule has 0 aliphatic carbocycles. The summed E-state index contributed by atoms with van der Waals surface area (Å²) in [5.74, 6) is -7.85. The van der Waals surface area contributed by atoms with Crippen molar-refractivity contribution in [1.82, 2.24) is 24.9 Å². The van der Waals surface area contributed by atoms with Gasteiger partial charge >= 0.3 is 11.9 Å². The zero-order valence-corrected chi connectivity index (χ0v) is 52.0. The Morgan fingerprint density at radius 3 is 2.07 bits per heavy atom. The number of carbonyl (C=O) groups is 9. The molecule has 2 aliphatic heterocycles. The van der Waals surface area contributed by atoms with Crippen LogP contribution in [0.3, 0.4) is 0 Å². The third kappa shape index (κ3) is 18.8. The number of esters is 2. The first-order chi connectivity index (χ1) is 43.0. The summed E-state index contributed by atoms with van der Waals surface area (Å²) in [7, 11) is 7.10. The second-order valence-electron chi connectivity index (χ2n) is 23.4. The van der Waals surface area contributed by atoms with E-state index < -0.39 is 114 Å². The maximum atomic E-state index is 15.3. The number of halogens is 1. The Labute approximate surface area is 524 Å². The lowest BCUT2D eigenvalue weighted by Crippen LogP contribution is -2.53. The summed E-state index contributed by atoms with van der Waals surface area (Å²) in [6, 6.07) is 30.0. The van der Waals surface area contributed by atoms with E-state index in [1.165, 1.54) is 86.0 Å². The molecular weight excluding hydrogens is 1160 g/mol. The van der Waals surface area contributed by atoms with Crippen LogP contribution >= 0.6 is 0 Å². The molecule has 1 saturated heterocycles. The number of hydrogen-bond donors (Lipinski definition) is 2. The predicted octanol–water partition coefficient (Wildman–Crippen LogP) is 7.16. The van der Waals surface area contributed by atoms with E-state index >= 15 is 4.39 Å².